The Morgan fingerprint density at radius 3 is 2.80 bits per heavy atom. The van der Waals surface area contributed by atoms with Gasteiger partial charge in [-0.15, -0.1) is 11.3 Å². The molecule has 1 aliphatic heterocycles. The number of carbonyl (C=O) groups excluding carboxylic acids is 1. The first-order chi connectivity index (χ1) is 11.8. The van der Waals surface area contributed by atoms with Crippen molar-refractivity contribution in [1.29, 1.82) is 0 Å². The van der Waals surface area contributed by atoms with Crippen LogP contribution in [0.25, 0.3) is 0 Å². The Balaban J connectivity index is 1.77. The van der Waals surface area contributed by atoms with E-state index in [1.165, 1.54) is 22.5 Å². The van der Waals surface area contributed by atoms with Gasteiger partial charge < -0.3 is 5.32 Å². The maximum Gasteiger partial charge on any atom is 0.242 e. The molecular formula is C15H14ClF2N3O2S2. The summed E-state index contributed by atoms with van der Waals surface area (Å²) in [5, 5.41) is 2.19. The summed E-state index contributed by atoms with van der Waals surface area (Å²) in [5.41, 5.74) is 0.341. The molecule has 3 unspecified atom stereocenters. The molecule has 1 aliphatic rings. The second-order valence-electron chi connectivity index (χ2n) is 5.48. The van der Waals surface area contributed by atoms with Crippen molar-refractivity contribution in [3.05, 3.63) is 51.2 Å². The number of likely N-dealkylation sites (N-methyl/N-ethyl adjacent to an activating group) is 1. The van der Waals surface area contributed by atoms with Crippen LogP contribution in [-0.4, -0.2) is 27.5 Å². The van der Waals surface area contributed by atoms with Crippen LogP contribution in [0.3, 0.4) is 0 Å². The van der Waals surface area contributed by atoms with Gasteiger partial charge in [0.15, 0.2) is 16.3 Å². The average Bonchev–Trinajstić information content (AvgIpc) is 3.00. The van der Waals surface area contributed by atoms with Crippen molar-refractivity contribution in [2.75, 3.05) is 12.4 Å². The highest BCUT2D eigenvalue weighted by Gasteiger charge is 2.37. The number of rotatable bonds is 3. The maximum atomic E-state index is 13.3. The van der Waals surface area contributed by atoms with Gasteiger partial charge >= 0.3 is 0 Å². The molecule has 1 fully saturated rings. The standard InChI is InChI=1S/C15H14ClF2N3O2S2/c1-21-12(15(22)19-8-2-3-10(17)9(16)6-8)7-11(20-25(21)23)13-4-5-14(18)24-13/h2-6,11-12,20H,7H2,1H3,(H,19,22). The minimum atomic E-state index is -1.60. The molecule has 0 radical (unpaired) electrons. The van der Waals surface area contributed by atoms with E-state index >= 15 is 0 Å². The first-order valence-electron chi connectivity index (χ1n) is 7.27. The molecule has 3 rings (SSSR count). The Morgan fingerprint density at radius 2 is 2.16 bits per heavy atom. The minimum absolute atomic E-state index is 0.105. The lowest BCUT2D eigenvalue weighted by atomic mass is 10.1. The zero-order chi connectivity index (χ0) is 18.1. The van der Waals surface area contributed by atoms with Gasteiger partial charge in [0.1, 0.15) is 11.9 Å². The molecule has 1 aromatic carbocycles. The summed E-state index contributed by atoms with van der Waals surface area (Å²) in [6, 6.07) is 5.68. The molecule has 0 bridgehead atoms. The molecule has 0 spiro atoms. The topological polar surface area (TPSA) is 61.4 Å². The second-order valence-corrected chi connectivity index (χ2v) is 8.26. The van der Waals surface area contributed by atoms with Crippen molar-refractivity contribution in [2.45, 2.75) is 18.5 Å². The number of benzene rings is 1. The highest BCUT2D eigenvalue weighted by Crippen LogP contribution is 2.31. The number of halogens is 3. The molecule has 1 aromatic heterocycles. The van der Waals surface area contributed by atoms with E-state index in [0.29, 0.717) is 17.0 Å². The van der Waals surface area contributed by atoms with Gasteiger partial charge in [0.25, 0.3) is 0 Å². The third kappa shape index (κ3) is 4.06. The van der Waals surface area contributed by atoms with Crippen molar-refractivity contribution < 1.29 is 17.8 Å². The molecular weight excluding hydrogens is 392 g/mol. The van der Waals surface area contributed by atoms with E-state index < -0.39 is 35.0 Å². The van der Waals surface area contributed by atoms with Crippen LogP contribution < -0.4 is 10.0 Å². The number of nitrogens with one attached hydrogen (secondary N) is 2. The fourth-order valence-electron chi connectivity index (χ4n) is 2.50. The second kappa shape index (κ2) is 7.46. The Labute approximate surface area is 154 Å². The molecule has 0 saturated carbocycles. The summed E-state index contributed by atoms with van der Waals surface area (Å²) in [6.45, 7) is 0. The zero-order valence-electron chi connectivity index (χ0n) is 13.0. The third-order valence-electron chi connectivity index (χ3n) is 3.83. The predicted octanol–water partition coefficient (Wildman–Crippen LogP) is 3.23. The van der Waals surface area contributed by atoms with Crippen LogP contribution in [0.4, 0.5) is 14.5 Å². The predicted molar refractivity (Wildman–Crippen MR) is 94.5 cm³/mol. The van der Waals surface area contributed by atoms with Crippen LogP contribution in [0.15, 0.2) is 30.3 Å². The molecule has 0 aliphatic carbocycles. The van der Waals surface area contributed by atoms with Crippen LogP contribution in [0.2, 0.25) is 5.02 Å². The van der Waals surface area contributed by atoms with Crippen molar-refractivity contribution in [2.24, 2.45) is 0 Å². The molecule has 2 N–H and O–H groups in total. The monoisotopic (exact) mass is 405 g/mol. The molecule has 134 valence electrons. The van der Waals surface area contributed by atoms with Gasteiger partial charge in [-0.1, -0.05) is 11.6 Å². The molecule has 2 aromatic rings. The third-order valence-corrected chi connectivity index (χ3v) is 6.37. The Hall–Kier alpha value is -1.39. The number of hydrogen-bond donors (Lipinski definition) is 2. The van der Waals surface area contributed by atoms with E-state index in [1.54, 1.807) is 13.1 Å². The van der Waals surface area contributed by atoms with E-state index in [-0.39, 0.29) is 10.2 Å². The average molecular weight is 406 g/mol. The van der Waals surface area contributed by atoms with Crippen LogP contribution in [-0.2, 0) is 16.0 Å². The minimum Gasteiger partial charge on any atom is -0.325 e. The lowest BCUT2D eigenvalue weighted by Gasteiger charge is -2.35. The van der Waals surface area contributed by atoms with Gasteiger partial charge in [0.2, 0.25) is 5.91 Å². The Kier molecular flexibility index (Phi) is 5.49. The number of anilines is 1. The molecule has 10 heteroatoms. The zero-order valence-corrected chi connectivity index (χ0v) is 15.4. The summed E-state index contributed by atoms with van der Waals surface area (Å²) < 4.78 is 42.9. The van der Waals surface area contributed by atoms with Crippen molar-refractivity contribution in [3.63, 3.8) is 0 Å². The Bertz CT molecular complexity index is 833. The van der Waals surface area contributed by atoms with Gasteiger partial charge in [-0.2, -0.15) is 4.39 Å². The summed E-state index contributed by atoms with van der Waals surface area (Å²) in [7, 11) is 1.55. The molecule has 25 heavy (non-hydrogen) atoms. The Morgan fingerprint density at radius 1 is 1.40 bits per heavy atom. The highest BCUT2D eigenvalue weighted by molar-refractivity contribution is 7.80. The van der Waals surface area contributed by atoms with Crippen LogP contribution in [0, 0.1) is 10.9 Å². The number of thiophene rings is 1. The normalized spacial score (nSPS) is 24.2. The number of carbonyl (C=O) groups is 1. The SMILES string of the molecule is CN1C(C(=O)Nc2ccc(F)c(Cl)c2)CC(c2ccc(F)s2)NS1=O. The molecule has 1 amide bonds. The van der Waals surface area contributed by atoms with Crippen molar-refractivity contribution >= 4 is 45.7 Å². The molecule has 1 saturated heterocycles. The van der Waals surface area contributed by atoms with E-state index in [9.17, 15) is 17.8 Å². The molecule has 2 heterocycles. The van der Waals surface area contributed by atoms with Gasteiger partial charge in [0.05, 0.1) is 11.1 Å². The summed E-state index contributed by atoms with van der Waals surface area (Å²) in [5.74, 6) is -0.985. The van der Waals surface area contributed by atoms with E-state index in [4.69, 9.17) is 11.6 Å². The molecule has 5 nitrogen and oxygen atoms in total. The lowest BCUT2D eigenvalue weighted by molar-refractivity contribution is -0.120. The first-order valence-corrected chi connectivity index (χ1v) is 9.57. The van der Waals surface area contributed by atoms with E-state index in [1.807, 2.05) is 0 Å². The van der Waals surface area contributed by atoms with E-state index in [0.717, 1.165) is 17.4 Å². The van der Waals surface area contributed by atoms with Gasteiger partial charge in [0, 0.05) is 17.6 Å². The highest BCUT2D eigenvalue weighted by atomic mass is 35.5. The maximum absolute atomic E-state index is 13.3. The summed E-state index contributed by atoms with van der Waals surface area (Å²) in [4.78, 5) is 13.2. The smallest absolute Gasteiger partial charge is 0.242 e. The number of amides is 1. The number of hydrogen-bond acceptors (Lipinski definition) is 3. The van der Waals surface area contributed by atoms with E-state index in [2.05, 4.69) is 10.0 Å². The lowest BCUT2D eigenvalue weighted by Crippen LogP contribution is -2.52. The van der Waals surface area contributed by atoms with Crippen molar-refractivity contribution in [3.8, 4) is 0 Å². The quantitative estimate of drug-likeness (QED) is 0.823. The van der Waals surface area contributed by atoms with Gasteiger partial charge in [-0.3, -0.25) is 4.79 Å². The van der Waals surface area contributed by atoms with Gasteiger partial charge in [-0.05, 0) is 36.8 Å². The van der Waals surface area contributed by atoms with Crippen LogP contribution >= 0.6 is 22.9 Å². The first kappa shape index (κ1) is 18.4. The van der Waals surface area contributed by atoms with Gasteiger partial charge in [-0.25, -0.2) is 17.6 Å². The largest absolute Gasteiger partial charge is 0.325 e. The number of nitrogens with zero attached hydrogens (tertiary/aromatic N) is 1. The fourth-order valence-corrected chi connectivity index (χ4v) is 4.60. The van der Waals surface area contributed by atoms with Crippen molar-refractivity contribution in [1.82, 2.24) is 9.03 Å². The fraction of sp³-hybridized carbons (Fsp3) is 0.267. The van der Waals surface area contributed by atoms with Crippen LogP contribution in [0.5, 0.6) is 0 Å². The summed E-state index contributed by atoms with van der Waals surface area (Å²) >= 11 is 5.05. The van der Waals surface area contributed by atoms with Crippen LogP contribution in [0.1, 0.15) is 17.3 Å². The summed E-state index contributed by atoms with van der Waals surface area (Å²) in [6.07, 6.45) is 0.308. The molecule has 3 atom stereocenters.